The van der Waals surface area contributed by atoms with E-state index >= 15 is 0 Å². The predicted octanol–water partition coefficient (Wildman–Crippen LogP) is 3.63. The Kier molecular flexibility index (Phi) is 3.78. The first-order chi connectivity index (χ1) is 8.56. The number of benzene rings is 1. The summed E-state index contributed by atoms with van der Waals surface area (Å²) in [6.07, 6.45) is 1.56. The first-order valence-corrected chi connectivity index (χ1v) is 6.35. The molecule has 1 N–H and O–H groups in total. The molecule has 5 nitrogen and oxygen atoms in total. The molecule has 2 aromatic rings. The second kappa shape index (κ2) is 5.32. The van der Waals surface area contributed by atoms with Gasteiger partial charge < -0.3 is 5.32 Å². The molecule has 0 saturated heterocycles. The van der Waals surface area contributed by atoms with Crippen molar-refractivity contribution in [3.8, 4) is 0 Å². The lowest BCUT2D eigenvalue weighted by atomic mass is 10.2. The van der Waals surface area contributed by atoms with Crippen LogP contribution in [0.5, 0.6) is 0 Å². The Labute approximate surface area is 113 Å². The Morgan fingerprint density at radius 2 is 2.33 bits per heavy atom. The van der Waals surface area contributed by atoms with E-state index in [-0.39, 0.29) is 5.69 Å². The van der Waals surface area contributed by atoms with Crippen molar-refractivity contribution in [3.63, 3.8) is 0 Å². The lowest BCUT2D eigenvalue weighted by molar-refractivity contribution is -0.384. The monoisotopic (exact) mass is 283 g/mol. The van der Waals surface area contributed by atoms with E-state index in [0.717, 1.165) is 10.6 Å². The van der Waals surface area contributed by atoms with E-state index in [0.29, 0.717) is 16.6 Å². The molecule has 1 aromatic heterocycles. The summed E-state index contributed by atoms with van der Waals surface area (Å²) in [5.74, 6) is 0. The van der Waals surface area contributed by atoms with Crippen molar-refractivity contribution in [3.05, 3.63) is 49.4 Å². The summed E-state index contributed by atoms with van der Waals surface area (Å²) in [4.78, 5) is 14.6. The molecule has 0 saturated carbocycles. The van der Waals surface area contributed by atoms with E-state index in [1.54, 1.807) is 18.3 Å². The molecule has 0 amide bonds. The molecule has 1 heterocycles. The lowest BCUT2D eigenvalue weighted by Crippen LogP contribution is -2.02. The minimum atomic E-state index is -0.406. The standard InChI is InChI=1S/C11H10ClN3O2S/c1-7-2-3-9(15(16)17)8(4-7)13-6-11-14-5-10(12)18-11/h2-5,13H,6H2,1H3. The summed E-state index contributed by atoms with van der Waals surface area (Å²) >= 11 is 7.12. The highest BCUT2D eigenvalue weighted by Crippen LogP contribution is 2.26. The Morgan fingerprint density at radius 1 is 1.56 bits per heavy atom. The molecule has 94 valence electrons. The van der Waals surface area contributed by atoms with Gasteiger partial charge in [-0.15, -0.1) is 11.3 Å². The molecular formula is C11H10ClN3O2S. The number of nitro groups is 1. The molecule has 0 radical (unpaired) electrons. The molecule has 0 unspecified atom stereocenters. The molecule has 0 aliphatic carbocycles. The van der Waals surface area contributed by atoms with Gasteiger partial charge in [0.05, 0.1) is 17.7 Å². The van der Waals surface area contributed by atoms with Crippen molar-refractivity contribution in [1.82, 2.24) is 4.98 Å². The third-order valence-electron chi connectivity index (χ3n) is 2.30. The van der Waals surface area contributed by atoms with E-state index in [9.17, 15) is 10.1 Å². The van der Waals surface area contributed by atoms with Crippen LogP contribution in [-0.4, -0.2) is 9.91 Å². The number of aromatic nitrogens is 1. The number of nitrogens with one attached hydrogen (secondary N) is 1. The van der Waals surface area contributed by atoms with E-state index in [2.05, 4.69) is 10.3 Å². The molecule has 0 atom stereocenters. The van der Waals surface area contributed by atoms with Crippen LogP contribution in [0, 0.1) is 17.0 Å². The molecule has 1 aromatic carbocycles. The van der Waals surface area contributed by atoms with Crippen LogP contribution in [0.3, 0.4) is 0 Å². The van der Waals surface area contributed by atoms with Gasteiger partial charge in [-0.2, -0.15) is 0 Å². The summed E-state index contributed by atoms with van der Waals surface area (Å²) in [5.41, 5.74) is 1.51. The minimum absolute atomic E-state index is 0.0586. The maximum absolute atomic E-state index is 10.9. The Balaban J connectivity index is 2.17. The van der Waals surface area contributed by atoms with Gasteiger partial charge in [-0.25, -0.2) is 4.98 Å². The fourth-order valence-electron chi connectivity index (χ4n) is 1.49. The number of aryl methyl sites for hydroxylation is 1. The molecule has 0 spiro atoms. The molecule has 0 bridgehead atoms. The number of thiazole rings is 1. The second-order valence-electron chi connectivity index (χ2n) is 3.69. The van der Waals surface area contributed by atoms with Crippen LogP contribution in [0.4, 0.5) is 11.4 Å². The molecule has 0 fully saturated rings. The number of halogens is 1. The maximum atomic E-state index is 10.9. The van der Waals surface area contributed by atoms with Crippen LogP contribution < -0.4 is 5.32 Å². The Bertz CT molecular complexity index is 585. The Morgan fingerprint density at radius 3 is 2.94 bits per heavy atom. The zero-order valence-electron chi connectivity index (χ0n) is 9.51. The van der Waals surface area contributed by atoms with Crippen molar-refractivity contribution in [2.45, 2.75) is 13.5 Å². The first kappa shape index (κ1) is 12.8. The average Bonchev–Trinajstić information content (AvgIpc) is 2.72. The normalized spacial score (nSPS) is 10.3. The number of nitro benzene ring substituents is 1. The van der Waals surface area contributed by atoms with Crippen molar-refractivity contribution >= 4 is 34.3 Å². The van der Waals surface area contributed by atoms with Crippen molar-refractivity contribution in [2.75, 3.05) is 5.32 Å². The molecule has 18 heavy (non-hydrogen) atoms. The van der Waals surface area contributed by atoms with Gasteiger partial charge in [0, 0.05) is 6.07 Å². The SMILES string of the molecule is Cc1ccc([N+](=O)[O-])c(NCc2ncc(Cl)s2)c1. The van der Waals surface area contributed by atoms with Gasteiger partial charge in [0.25, 0.3) is 5.69 Å². The highest BCUT2D eigenvalue weighted by Gasteiger charge is 2.13. The zero-order chi connectivity index (χ0) is 13.1. The van der Waals surface area contributed by atoms with Gasteiger partial charge in [-0.05, 0) is 18.6 Å². The highest BCUT2D eigenvalue weighted by atomic mass is 35.5. The van der Waals surface area contributed by atoms with E-state index in [1.807, 2.05) is 6.92 Å². The predicted molar refractivity (Wildman–Crippen MR) is 72.3 cm³/mol. The van der Waals surface area contributed by atoms with Crippen LogP contribution in [0.1, 0.15) is 10.6 Å². The maximum Gasteiger partial charge on any atom is 0.292 e. The van der Waals surface area contributed by atoms with E-state index in [1.165, 1.54) is 17.4 Å². The number of hydrogen-bond acceptors (Lipinski definition) is 5. The zero-order valence-corrected chi connectivity index (χ0v) is 11.1. The van der Waals surface area contributed by atoms with Crippen LogP contribution in [-0.2, 0) is 6.54 Å². The lowest BCUT2D eigenvalue weighted by Gasteiger charge is -2.06. The van der Waals surface area contributed by atoms with Crippen molar-refractivity contribution in [1.29, 1.82) is 0 Å². The number of rotatable bonds is 4. The summed E-state index contributed by atoms with van der Waals surface area (Å²) in [6.45, 7) is 2.30. The first-order valence-electron chi connectivity index (χ1n) is 5.15. The highest BCUT2D eigenvalue weighted by molar-refractivity contribution is 7.15. The van der Waals surface area contributed by atoms with Gasteiger partial charge in [0.15, 0.2) is 0 Å². The summed E-state index contributed by atoms with van der Waals surface area (Å²) < 4.78 is 0.602. The fourth-order valence-corrected chi connectivity index (χ4v) is 2.39. The Hall–Kier alpha value is -1.66. The van der Waals surface area contributed by atoms with Crippen LogP contribution in [0.15, 0.2) is 24.4 Å². The molecular weight excluding hydrogens is 274 g/mol. The topological polar surface area (TPSA) is 68.1 Å². The fraction of sp³-hybridized carbons (Fsp3) is 0.182. The van der Waals surface area contributed by atoms with Crippen molar-refractivity contribution < 1.29 is 4.92 Å². The smallest absolute Gasteiger partial charge is 0.292 e. The van der Waals surface area contributed by atoms with E-state index in [4.69, 9.17) is 11.6 Å². The van der Waals surface area contributed by atoms with Gasteiger partial charge in [-0.3, -0.25) is 10.1 Å². The third kappa shape index (κ3) is 2.96. The van der Waals surface area contributed by atoms with Gasteiger partial charge in [-0.1, -0.05) is 17.7 Å². The third-order valence-corrected chi connectivity index (χ3v) is 3.42. The van der Waals surface area contributed by atoms with Crippen molar-refractivity contribution in [2.24, 2.45) is 0 Å². The summed E-state index contributed by atoms with van der Waals surface area (Å²) in [6, 6.07) is 4.95. The number of nitrogens with zero attached hydrogens (tertiary/aromatic N) is 2. The van der Waals surface area contributed by atoms with Gasteiger partial charge >= 0.3 is 0 Å². The summed E-state index contributed by atoms with van der Waals surface area (Å²) in [7, 11) is 0. The molecule has 2 rings (SSSR count). The molecule has 0 aliphatic heterocycles. The van der Waals surface area contributed by atoms with E-state index < -0.39 is 4.92 Å². The minimum Gasteiger partial charge on any atom is -0.373 e. The number of anilines is 1. The summed E-state index contributed by atoms with van der Waals surface area (Å²) in [5, 5.41) is 14.7. The number of hydrogen-bond donors (Lipinski definition) is 1. The van der Waals surface area contributed by atoms with Crippen LogP contribution in [0.25, 0.3) is 0 Å². The van der Waals surface area contributed by atoms with Crippen LogP contribution in [0.2, 0.25) is 4.34 Å². The van der Waals surface area contributed by atoms with Gasteiger partial charge in [0.2, 0.25) is 0 Å². The molecule has 0 aliphatic rings. The largest absolute Gasteiger partial charge is 0.373 e. The second-order valence-corrected chi connectivity index (χ2v) is 5.44. The van der Waals surface area contributed by atoms with Gasteiger partial charge in [0.1, 0.15) is 15.0 Å². The molecule has 7 heteroatoms. The quantitative estimate of drug-likeness (QED) is 0.687. The van der Waals surface area contributed by atoms with Crippen LogP contribution >= 0.6 is 22.9 Å². The average molecular weight is 284 g/mol.